The number of hydrogen-bond donors (Lipinski definition) is 2. The predicted octanol–water partition coefficient (Wildman–Crippen LogP) is 0.838. The van der Waals surface area contributed by atoms with E-state index in [9.17, 15) is 13.9 Å². The Hall–Kier alpha value is -1.47. The van der Waals surface area contributed by atoms with E-state index in [4.69, 9.17) is 0 Å². The molecule has 0 aliphatic carbocycles. The minimum atomic E-state index is -3.86. The smallest absolute Gasteiger partial charge is 0.482 e. The van der Waals surface area contributed by atoms with Crippen LogP contribution in [-0.4, -0.2) is 5.11 Å². The van der Waals surface area contributed by atoms with Gasteiger partial charge in [-0.1, -0.05) is 18.2 Å². The van der Waals surface area contributed by atoms with Gasteiger partial charge in [-0.15, -0.1) is 0 Å². The lowest BCUT2D eigenvalue weighted by Crippen LogP contribution is -2.52. The van der Waals surface area contributed by atoms with E-state index in [2.05, 4.69) is 10.2 Å². The summed E-state index contributed by atoms with van der Waals surface area (Å²) in [4.78, 5) is -0.00380. The second-order valence-electron chi connectivity index (χ2n) is 3.23. The number of phenols is 1. The van der Waals surface area contributed by atoms with Gasteiger partial charge in [0.2, 0.25) is 4.90 Å². The highest BCUT2D eigenvalue weighted by atomic mass is 32.3. The fourth-order valence-corrected chi connectivity index (χ4v) is 2.33. The Bertz CT molecular complexity index is 584. The first-order valence-electron chi connectivity index (χ1n) is 4.45. The van der Waals surface area contributed by atoms with Crippen molar-refractivity contribution in [3.63, 3.8) is 0 Å². The Labute approximate surface area is 92.9 Å². The van der Waals surface area contributed by atoms with Crippen molar-refractivity contribution in [1.82, 2.24) is 0 Å². The molecule has 0 saturated heterocycles. The van der Waals surface area contributed by atoms with Gasteiger partial charge < -0.3 is 5.11 Å². The van der Waals surface area contributed by atoms with Crippen molar-refractivity contribution in [3.05, 3.63) is 36.4 Å². The van der Waals surface area contributed by atoms with E-state index in [1.54, 1.807) is 18.2 Å². The molecule has 0 heterocycles. The van der Waals surface area contributed by atoms with Crippen LogP contribution in [0.1, 0.15) is 0 Å². The van der Waals surface area contributed by atoms with E-state index in [0.29, 0.717) is 10.8 Å². The van der Waals surface area contributed by atoms with Crippen molar-refractivity contribution in [1.29, 1.82) is 0 Å². The Kier molecular flexibility index (Phi) is 2.64. The summed E-state index contributed by atoms with van der Waals surface area (Å²) in [6.45, 7) is 0. The highest BCUT2D eigenvalue weighted by molar-refractivity contribution is 7.93. The highest BCUT2D eigenvalue weighted by Crippen LogP contribution is 2.29. The van der Waals surface area contributed by atoms with Gasteiger partial charge in [-0.2, -0.15) is 5.90 Å². The summed E-state index contributed by atoms with van der Waals surface area (Å²) in [6, 6.07) is 9.25. The van der Waals surface area contributed by atoms with Crippen LogP contribution < -0.4 is 5.90 Å². The van der Waals surface area contributed by atoms with Crippen molar-refractivity contribution >= 4 is 21.3 Å². The highest BCUT2D eigenvalue weighted by Gasteiger charge is 2.38. The van der Waals surface area contributed by atoms with Gasteiger partial charge in [-0.05, 0) is 21.7 Å². The molecule has 0 aliphatic heterocycles. The third-order valence-electron chi connectivity index (χ3n) is 2.25. The number of fused-ring (bicyclic) bond motifs is 1. The average Bonchev–Trinajstić information content (AvgIpc) is 2.28. The molecule has 0 spiro atoms. The third-order valence-corrected chi connectivity index (χ3v) is 3.46. The topological polar surface area (TPSA) is 94.1 Å². The first-order valence-corrected chi connectivity index (χ1v) is 5.86. The summed E-state index contributed by atoms with van der Waals surface area (Å²) < 4.78 is 27.3. The van der Waals surface area contributed by atoms with Crippen LogP contribution in [0, 0.1) is 0 Å². The van der Waals surface area contributed by atoms with Crippen LogP contribution in [-0.2, 0) is 23.5 Å². The molecule has 16 heavy (non-hydrogen) atoms. The quantitative estimate of drug-likeness (QED) is 0.601. The first kappa shape index (κ1) is 11.0. The fourth-order valence-electron chi connectivity index (χ4n) is 1.51. The summed E-state index contributed by atoms with van der Waals surface area (Å²) >= 11 is 0. The molecule has 2 aromatic rings. The van der Waals surface area contributed by atoms with Crippen molar-refractivity contribution in [3.8, 4) is 5.75 Å². The lowest BCUT2D eigenvalue weighted by molar-refractivity contribution is -0.637. The summed E-state index contributed by atoms with van der Waals surface area (Å²) in [5.41, 5.74) is 0. The maximum absolute atomic E-state index is 11.6. The molecule has 1 radical (unpaired) electrons. The van der Waals surface area contributed by atoms with Gasteiger partial charge >= 0.3 is 10.5 Å². The number of aromatic hydroxyl groups is 1. The summed E-state index contributed by atoms with van der Waals surface area (Å²) in [5, 5.41) is 10.5. The minimum Gasteiger partial charge on any atom is -0.508 e. The number of rotatable bonds is 2. The Morgan fingerprint density at radius 1 is 1.25 bits per heavy atom. The van der Waals surface area contributed by atoms with E-state index in [1.807, 2.05) is 0 Å². The first-order chi connectivity index (χ1) is 7.54. The monoisotopic (exact) mass is 240 g/mol. The molecule has 0 saturated carbocycles. The molecule has 5 nitrogen and oxygen atoms in total. The lowest BCUT2D eigenvalue weighted by Gasteiger charge is -2.01. The minimum absolute atomic E-state index is 0.000729. The molecule has 1 unspecified atom stereocenters. The summed E-state index contributed by atoms with van der Waals surface area (Å²) in [5.74, 6) is 2.91. The Balaban J connectivity index is 2.80. The van der Waals surface area contributed by atoms with E-state index < -0.39 is 10.5 Å². The number of benzene rings is 2. The van der Waals surface area contributed by atoms with Gasteiger partial charge in [0.05, 0.1) is 8.84 Å². The van der Waals surface area contributed by atoms with Crippen molar-refractivity contribution in [2.75, 3.05) is 0 Å². The van der Waals surface area contributed by atoms with E-state index >= 15 is 0 Å². The van der Waals surface area contributed by atoms with Crippen LogP contribution in [0.25, 0.3) is 10.8 Å². The van der Waals surface area contributed by atoms with E-state index in [-0.39, 0.29) is 10.6 Å². The number of hydrogen-bond acceptors (Lipinski definition) is 3. The number of quaternary nitrogens is 1. The fraction of sp³-hybridized carbons (Fsp3) is 0. The molecular weight excluding hydrogens is 230 g/mol. The molecule has 0 aliphatic rings. The largest absolute Gasteiger partial charge is 0.508 e. The van der Waals surface area contributed by atoms with Gasteiger partial charge in [-0.25, -0.2) is 0 Å². The van der Waals surface area contributed by atoms with Crippen LogP contribution in [0.2, 0.25) is 0 Å². The third kappa shape index (κ3) is 1.79. The molecule has 0 amide bonds. The standard InChI is InChI=1S/C10H9NO4S/c11-15-16(13,14)10-3-1-2-7-4-5-8(12)6-9(7)10/h1-6H,11H3/q+1/p+1. The molecule has 0 fully saturated rings. The van der Waals surface area contributed by atoms with Gasteiger partial charge in [0.25, 0.3) is 0 Å². The molecule has 0 bridgehead atoms. The lowest BCUT2D eigenvalue weighted by atomic mass is 10.1. The van der Waals surface area contributed by atoms with Crippen LogP contribution >= 0.6 is 0 Å². The predicted molar refractivity (Wildman–Crippen MR) is 56.6 cm³/mol. The van der Waals surface area contributed by atoms with Crippen LogP contribution in [0.15, 0.2) is 41.3 Å². The van der Waals surface area contributed by atoms with Gasteiger partial charge in [0, 0.05) is 11.5 Å². The molecule has 1 atom stereocenters. The van der Waals surface area contributed by atoms with Crippen molar-refractivity contribution < 1.29 is 24.0 Å². The van der Waals surface area contributed by atoms with Crippen LogP contribution in [0.4, 0.5) is 0 Å². The summed E-state index contributed by atoms with van der Waals surface area (Å²) in [7, 11) is -3.86. The van der Waals surface area contributed by atoms with Crippen LogP contribution in [0.3, 0.4) is 0 Å². The zero-order valence-corrected chi connectivity index (χ0v) is 9.07. The SMILES string of the molecule is [NH3+]O[S+]([O])(=O)c1cccc2ccc(O)cc12. The van der Waals surface area contributed by atoms with E-state index in [0.717, 1.165) is 0 Å². The zero-order chi connectivity index (χ0) is 11.8. The second kappa shape index (κ2) is 3.84. The Morgan fingerprint density at radius 3 is 2.69 bits per heavy atom. The van der Waals surface area contributed by atoms with Gasteiger partial charge in [0.1, 0.15) is 5.75 Å². The summed E-state index contributed by atoms with van der Waals surface area (Å²) in [6.07, 6.45) is 0. The zero-order valence-electron chi connectivity index (χ0n) is 8.25. The van der Waals surface area contributed by atoms with Crippen LogP contribution in [0.5, 0.6) is 5.75 Å². The molecule has 6 heteroatoms. The van der Waals surface area contributed by atoms with Crippen molar-refractivity contribution in [2.45, 2.75) is 4.90 Å². The van der Waals surface area contributed by atoms with E-state index in [1.165, 1.54) is 18.2 Å². The molecule has 2 aromatic carbocycles. The molecule has 0 aromatic heterocycles. The normalized spacial score (nSPS) is 14.9. The maximum atomic E-state index is 11.6. The molecule has 83 valence electrons. The van der Waals surface area contributed by atoms with Crippen molar-refractivity contribution in [2.24, 2.45) is 0 Å². The van der Waals surface area contributed by atoms with Gasteiger partial charge in [-0.3, -0.25) is 0 Å². The average molecular weight is 240 g/mol. The maximum Gasteiger partial charge on any atom is 0.482 e. The Morgan fingerprint density at radius 2 is 2.00 bits per heavy atom. The second-order valence-corrected chi connectivity index (χ2v) is 4.82. The molecule has 2 rings (SSSR count). The number of phenolic OH excluding ortho intramolecular Hbond substituents is 1. The molecular formula is C10H10NO4S+2. The van der Waals surface area contributed by atoms with Gasteiger partial charge in [0.15, 0.2) is 0 Å². The molecule has 4 N–H and O–H groups in total.